The first-order valence-corrected chi connectivity index (χ1v) is 12.1. The largest absolute Gasteiger partial charge is 0.491 e. The standard InChI is InChI=1S/C25H32F3NO9/c26-25(27,28)17-6-5-7-19(14-17)37-16-18(30)10-11-21-20(22(31)15-23(21)32)8-3-1-2-4-9-24(33)36-12-13-38-29(34)35/h1,3,5-7,10-11,14,18,20-23,30-32H,2,4,8-9,12-13,15-16H2/b3-1-,11-10+/t18-,20-,21?,22+,23-/m1/s1. The topological polar surface area (TPSA) is 149 Å². The Balaban J connectivity index is 1.75. The summed E-state index contributed by atoms with van der Waals surface area (Å²) in [5, 5.41) is 39.9. The Labute approximate surface area is 217 Å². The minimum absolute atomic E-state index is 0.0382. The van der Waals surface area contributed by atoms with Crippen molar-refractivity contribution in [2.45, 2.75) is 56.6 Å². The molecule has 1 unspecified atom stereocenters. The molecule has 1 aliphatic carbocycles. The number of allylic oxidation sites excluding steroid dienone is 2. The van der Waals surface area contributed by atoms with Crippen molar-refractivity contribution in [3.8, 4) is 5.75 Å². The number of rotatable bonds is 15. The zero-order chi connectivity index (χ0) is 28.1. The average molecular weight is 548 g/mol. The van der Waals surface area contributed by atoms with Gasteiger partial charge in [-0.25, -0.2) is 0 Å². The van der Waals surface area contributed by atoms with Gasteiger partial charge >= 0.3 is 12.1 Å². The van der Waals surface area contributed by atoms with Crippen LogP contribution in [0, 0.1) is 22.0 Å². The summed E-state index contributed by atoms with van der Waals surface area (Å²) in [5.74, 6) is -1.31. The molecule has 0 aliphatic heterocycles. The number of hydrogen-bond donors (Lipinski definition) is 3. The summed E-state index contributed by atoms with van der Waals surface area (Å²) in [4.78, 5) is 25.6. The van der Waals surface area contributed by atoms with Gasteiger partial charge in [-0.2, -0.15) is 13.2 Å². The summed E-state index contributed by atoms with van der Waals surface area (Å²) in [6.07, 6.45) is 1.15. The van der Waals surface area contributed by atoms with Gasteiger partial charge in [0.05, 0.1) is 17.8 Å². The SMILES string of the molecule is O=C(CCC/C=C\C[C@@H]1C(/C=C/[C@@H](O)COc2cccc(C(F)(F)F)c2)[C@H](O)C[C@@H]1O)OCCO[N+](=O)[O-]. The molecule has 0 saturated heterocycles. The van der Waals surface area contributed by atoms with Gasteiger partial charge in [-0.1, -0.05) is 30.4 Å². The zero-order valence-electron chi connectivity index (χ0n) is 20.5. The third-order valence-electron chi connectivity index (χ3n) is 5.92. The number of halogens is 3. The minimum atomic E-state index is -4.51. The fraction of sp³-hybridized carbons (Fsp3) is 0.560. The number of aliphatic hydroxyl groups is 3. The number of carbonyl (C=O) groups excluding carboxylic acids is 1. The molecule has 10 nitrogen and oxygen atoms in total. The lowest BCUT2D eigenvalue weighted by molar-refractivity contribution is -0.757. The summed E-state index contributed by atoms with van der Waals surface area (Å²) in [6, 6.07) is 4.31. The summed E-state index contributed by atoms with van der Waals surface area (Å²) < 4.78 is 48.5. The van der Waals surface area contributed by atoms with Gasteiger partial charge in [0.2, 0.25) is 0 Å². The third-order valence-corrected chi connectivity index (χ3v) is 5.92. The van der Waals surface area contributed by atoms with Crippen molar-refractivity contribution in [2.75, 3.05) is 19.8 Å². The van der Waals surface area contributed by atoms with Crippen molar-refractivity contribution in [3.05, 3.63) is 64.2 Å². The van der Waals surface area contributed by atoms with Gasteiger partial charge in [0.1, 0.15) is 31.7 Å². The quantitative estimate of drug-likeness (QED) is 0.0989. The molecule has 1 aromatic rings. The molecule has 0 bridgehead atoms. The minimum Gasteiger partial charge on any atom is -0.491 e. The van der Waals surface area contributed by atoms with Crippen LogP contribution in [0.3, 0.4) is 0 Å². The van der Waals surface area contributed by atoms with Crippen molar-refractivity contribution in [3.63, 3.8) is 0 Å². The maximum atomic E-state index is 12.8. The van der Waals surface area contributed by atoms with Crippen molar-refractivity contribution in [2.24, 2.45) is 11.8 Å². The normalized spacial score (nSPS) is 22.6. The molecule has 1 saturated carbocycles. The lowest BCUT2D eigenvalue weighted by Crippen LogP contribution is -2.21. The van der Waals surface area contributed by atoms with Crippen LogP contribution in [0.1, 0.15) is 37.7 Å². The van der Waals surface area contributed by atoms with Crippen LogP contribution < -0.4 is 4.74 Å². The Hall–Kier alpha value is -3.16. The van der Waals surface area contributed by atoms with Crippen molar-refractivity contribution in [1.29, 1.82) is 0 Å². The summed E-state index contributed by atoms with van der Waals surface area (Å²) in [6.45, 7) is -0.832. The predicted molar refractivity (Wildman–Crippen MR) is 127 cm³/mol. The summed E-state index contributed by atoms with van der Waals surface area (Å²) >= 11 is 0. The Morgan fingerprint density at radius 1 is 1.21 bits per heavy atom. The predicted octanol–water partition coefficient (Wildman–Crippen LogP) is 3.23. The monoisotopic (exact) mass is 547 g/mol. The highest BCUT2D eigenvalue weighted by molar-refractivity contribution is 5.69. The van der Waals surface area contributed by atoms with Crippen LogP contribution in [0.2, 0.25) is 0 Å². The molecule has 2 rings (SSSR count). The van der Waals surface area contributed by atoms with E-state index in [1.54, 1.807) is 6.08 Å². The smallest absolute Gasteiger partial charge is 0.416 e. The molecule has 38 heavy (non-hydrogen) atoms. The number of nitrogens with zero attached hydrogens (tertiary/aromatic N) is 1. The molecule has 0 heterocycles. The lowest BCUT2D eigenvalue weighted by Gasteiger charge is -2.19. The Morgan fingerprint density at radius 2 is 1.97 bits per heavy atom. The van der Waals surface area contributed by atoms with E-state index in [2.05, 4.69) is 4.84 Å². The van der Waals surface area contributed by atoms with E-state index in [0.29, 0.717) is 19.3 Å². The number of unbranched alkanes of at least 4 members (excludes halogenated alkanes) is 1. The van der Waals surface area contributed by atoms with Crippen LogP contribution in [-0.2, 0) is 20.5 Å². The Bertz CT molecular complexity index is 954. The van der Waals surface area contributed by atoms with E-state index in [4.69, 9.17) is 9.47 Å². The summed E-state index contributed by atoms with van der Waals surface area (Å²) in [7, 11) is 0. The number of esters is 1. The number of hydrogen-bond acceptors (Lipinski definition) is 9. The van der Waals surface area contributed by atoms with Gasteiger partial charge in [0.15, 0.2) is 0 Å². The van der Waals surface area contributed by atoms with E-state index in [0.717, 1.165) is 12.1 Å². The molecule has 0 amide bonds. The van der Waals surface area contributed by atoms with Gasteiger partial charge in [0, 0.05) is 18.8 Å². The molecule has 13 heteroatoms. The third kappa shape index (κ3) is 11.1. The second-order valence-corrected chi connectivity index (χ2v) is 8.78. The fourth-order valence-corrected chi connectivity index (χ4v) is 4.04. The van der Waals surface area contributed by atoms with Crippen LogP contribution in [0.4, 0.5) is 13.2 Å². The van der Waals surface area contributed by atoms with Gasteiger partial charge in [-0.15, -0.1) is 10.1 Å². The van der Waals surface area contributed by atoms with Gasteiger partial charge in [0.25, 0.3) is 5.09 Å². The maximum Gasteiger partial charge on any atom is 0.416 e. The second-order valence-electron chi connectivity index (χ2n) is 8.78. The number of alkyl halides is 3. The molecule has 0 spiro atoms. The number of carbonyl (C=O) groups is 1. The number of aliphatic hydroxyl groups excluding tert-OH is 3. The molecule has 3 N–H and O–H groups in total. The van der Waals surface area contributed by atoms with Crippen molar-refractivity contribution in [1.82, 2.24) is 0 Å². The number of ether oxygens (including phenoxy) is 2. The molecular formula is C25H32F3NO9. The van der Waals surface area contributed by atoms with Crippen LogP contribution in [-0.4, -0.2) is 64.5 Å². The van der Waals surface area contributed by atoms with E-state index in [1.807, 2.05) is 12.2 Å². The highest BCUT2D eigenvalue weighted by Crippen LogP contribution is 2.36. The molecule has 0 radical (unpaired) electrons. The zero-order valence-corrected chi connectivity index (χ0v) is 20.5. The summed E-state index contributed by atoms with van der Waals surface area (Å²) in [5.41, 5.74) is -0.862. The number of benzene rings is 1. The van der Waals surface area contributed by atoms with Gasteiger partial charge in [-0.3, -0.25) is 4.79 Å². The van der Waals surface area contributed by atoms with Crippen molar-refractivity contribution >= 4 is 5.97 Å². The fourth-order valence-electron chi connectivity index (χ4n) is 4.04. The molecule has 1 aliphatic rings. The Morgan fingerprint density at radius 3 is 2.68 bits per heavy atom. The first-order valence-electron chi connectivity index (χ1n) is 12.1. The lowest BCUT2D eigenvalue weighted by atomic mass is 9.89. The van der Waals surface area contributed by atoms with Crippen LogP contribution in [0.25, 0.3) is 0 Å². The Kier molecular flexibility index (Phi) is 12.5. The molecule has 1 fully saturated rings. The molecule has 0 aromatic heterocycles. The molecule has 5 atom stereocenters. The molecule has 212 valence electrons. The van der Waals surface area contributed by atoms with E-state index in [-0.39, 0.29) is 44.3 Å². The van der Waals surface area contributed by atoms with E-state index < -0.39 is 47.0 Å². The van der Waals surface area contributed by atoms with Gasteiger partial charge in [-0.05, 0) is 43.4 Å². The van der Waals surface area contributed by atoms with Crippen LogP contribution in [0.5, 0.6) is 5.75 Å². The first-order chi connectivity index (χ1) is 18.0. The van der Waals surface area contributed by atoms with Gasteiger partial charge < -0.3 is 29.6 Å². The van der Waals surface area contributed by atoms with Crippen LogP contribution in [0.15, 0.2) is 48.6 Å². The first kappa shape index (κ1) is 31.1. The highest BCUT2D eigenvalue weighted by atomic mass is 19.4. The maximum absolute atomic E-state index is 12.8. The molecule has 1 aromatic carbocycles. The average Bonchev–Trinajstić information content (AvgIpc) is 3.12. The van der Waals surface area contributed by atoms with E-state index in [9.17, 15) is 43.4 Å². The molecular weight excluding hydrogens is 515 g/mol. The van der Waals surface area contributed by atoms with E-state index >= 15 is 0 Å². The second kappa shape index (κ2) is 15.3. The van der Waals surface area contributed by atoms with Crippen LogP contribution >= 0.6 is 0 Å². The highest BCUT2D eigenvalue weighted by Gasteiger charge is 2.39. The van der Waals surface area contributed by atoms with E-state index in [1.165, 1.54) is 18.2 Å². The van der Waals surface area contributed by atoms with Crippen molar-refractivity contribution < 1.29 is 52.7 Å².